The van der Waals surface area contributed by atoms with Crippen molar-refractivity contribution < 1.29 is 5.11 Å². The summed E-state index contributed by atoms with van der Waals surface area (Å²) in [7, 11) is 5.37. The summed E-state index contributed by atoms with van der Waals surface area (Å²) in [6, 6.07) is 1.85. The smallest absolute Gasteiger partial charge is 0.332 e. The number of aromatic nitrogens is 3. The Kier molecular flexibility index (Phi) is 5.43. The van der Waals surface area contributed by atoms with Crippen LogP contribution in [0, 0.1) is 6.92 Å². The average molecular weight is 334 g/mol. The third kappa shape index (κ3) is 3.51. The molecule has 0 radical (unpaired) electrons. The average Bonchev–Trinajstić information content (AvgIpc) is 2.50. The molecule has 0 aliphatic heterocycles. The molecular weight excluding hydrogens is 308 g/mol. The summed E-state index contributed by atoms with van der Waals surface area (Å²) in [5.41, 5.74) is 1.27. The first-order chi connectivity index (χ1) is 11.2. The van der Waals surface area contributed by atoms with Gasteiger partial charge >= 0.3 is 5.69 Å². The Labute approximate surface area is 141 Å². The molecule has 0 saturated carbocycles. The first kappa shape index (κ1) is 18.2. The number of anilines is 1. The van der Waals surface area contributed by atoms with Crippen LogP contribution in [-0.4, -0.2) is 39.4 Å². The Bertz CT molecular complexity index is 850. The first-order valence-electron chi connectivity index (χ1n) is 8.20. The molecule has 2 heterocycles. The van der Waals surface area contributed by atoms with Crippen molar-refractivity contribution in [3.05, 3.63) is 32.6 Å². The van der Waals surface area contributed by atoms with Crippen LogP contribution in [0.4, 0.5) is 5.69 Å². The lowest BCUT2D eigenvalue weighted by atomic mass is 10.1. The molecule has 0 bridgehead atoms. The normalized spacial score (nSPS) is 12.6. The number of nitrogens with zero attached hydrogens (tertiary/aromatic N) is 4. The van der Waals surface area contributed by atoms with Crippen LogP contribution >= 0.6 is 0 Å². The summed E-state index contributed by atoms with van der Waals surface area (Å²) >= 11 is 0. The molecule has 0 aliphatic carbocycles. The van der Waals surface area contributed by atoms with Gasteiger partial charge in [0, 0.05) is 33.4 Å². The van der Waals surface area contributed by atoms with Gasteiger partial charge in [-0.25, -0.2) is 9.78 Å². The van der Waals surface area contributed by atoms with Crippen molar-refractivity contribution in [1.82, 2.24) is 14.1 Å². The maximum atomic E-state index is 12.9. The molecule has 1 unspecified atom stereocenters. The molecule has 24 heavy (non-hydrogen) atoms. The second-order valence-electron chi connectivity index (χ2n) is 6.52. The van der Waals surface area contributed by atoms with E-state index in [1.54, 1.807) is 14.0 Å². The Hall–Kier alpha value is -2.15. The van der Waals surface area contributed by atoms with E-state index in [9.17, 15) is 14.7 Å². The molecule has 1 atom stereocenters. The highest BCUT2D eigenvalue weighted by Crippen LogP contribution is 2.21. The van der Waals surface area contributed by atoms with Gasteiger partial charge in [0.15, 0.2) is 5.65 Å². The Morgan fingerprint density at radius 1 is 1.29 bits per heavy atom. The van der Waals surface area contributed by atoms with Gasteiger partial charge in [0.2, 0.25) is 0 Å². The maximum Gasteiger partial charge on any atom is 0.332 e. The Balaban J connectivity index is 2.58. The van der Waals surface area contributed by atoms with Gasteiger partial charge in [-0.15, -0.1) is 0 Å². The van der Waals surface area contributed by atoms with Crippen molar-refractivity contribution in [3.63, 3.8) is 0 Å². The summed E-state index contributed by atoms with van der Waals surface area (Å²) in [4.78, 5) is 31.7. The highest BCUT2D eigenvalue weighted by Gasteiger charge is 2.17. The molecular formula is C17H26N4O3. The standard InChI is InChI=1S/C17H26N4O3/c1-11-10-13(19(3)4)14-15(18-11)20(5)17(24)21(16(14)23)9-7-6-8-12(2)22/h10,12,22H,6-9H2,1-5H3. The SMILES string of the molecule is Cc1cc(N(C)C)c2c(=O)n(CCCCC(C)O)c(=O)n(C)c2n1. The molecule has 0 saturated heterocycles. The van der Waals surface area contributed by atoms with Crippen molar-refractivity contribution in [1.29, 1.82) is 0 Å². The number of rotatable bonds is 6. The fourth-order valence-electron chi connectivity index (χ4n) is 2.84. The van der Waals surface area contributed by atoms with E-state index in [1.165, 1.54) is 9.13 Å². The van der Waals surface area contributed by atoms with Crippen molar-refractivity contribution in [2.45, 2.75) is 45.8 Å². The van der Waals surface area contributed by atoms with E-state index < -0.39 is 0 Å². The Morgan fingerprint density at radius 3 is 2.54 bits per heavy atom. The zero-order valence-electron chi connectivity index (χ0n) is 15.0. The highest BCUT2D eigenvalue weighted by atomic mass is 16.3. The molecule has 2 aromatic heterocycles. The predicted octanol–water partition coefficient (Wildman–Crippen LogP) is 1.02. The molecule has 7 nitrogen and oxygen atoms in total. The zero-order chi connectivity index (χ0) is 18.0. The monoisotopic (exact) mass is 334 g/mol. The van der Waals surface area contributed by atoms with Crippen LogP contribution in [0.15, 0.2) is 15.7 Å². The van der Waals surface area contributed by atoms with Crippen molar-refractivity contribution in [2.75, 3.05) is 19.0 Å². The van der Waals surface area contributed by atoms with Gasteiger partial charge in [-0.05, 0) is 39.2 Å². The van der Waals surface area contributed by atoms with E-state index >= 15 is 0 Å². The molecule has 0 aliphatic rings. The maximum absolute atomic E-state index is 12.9. The van der Waals surface area contributed by atoms with Crippen molar-refractivity contribution >= 4 is 16.7 Å². The van der Waals surface area contributed by atoms with E-state index in [4.69, 9.17) is 0 Å². The molecule has 0 spiro atoms. The molecule has 0 aromatic carbocycles. The van der Waals surface area contributed by atoms with Crippen LogP contribution in [0.3, 0.4) is 0 Å². The van der Waals surface area contributed by atoms with Crippen LogP contribution in [0.5, 0.6) is 0 Å². The number of fused-ring (bicyclic) bond motifs is 1. The second kappa shape index (κ2) is 7.17. The summed E-state index contributed by atoms with van der Waals surface area (Å²) in [6.07, 6.45) is 1.72. The quantitative estimate of drug-likeness (QED) is 0.798. The fraction of sp³-hybridized carbons (Fsp3) is 0.588. The highest BCUT2D eigenvalue weighted by molar-refractivity contribution is 5.88. The van der Waals surface area contributed by atoms with Gasteiger partial charge in [0.1, 0.15) is 5.39 Å². The summed E-state index contributed by atoms with van der Waals surface area (Å²) in [6.45, 7) is 3.92. The second-order valence-corrected chi connectivity index (χ2v) is 6.52. The van der Waals surface area contributed by atoms with Crippen LogP contribution in [0.1, 0.15) is 31.9 Å². The summed E-state index contributed by atoms with van der Waals surface area (Å²) in [5.74, 6) is 0. The van der Waals surface area contributed by atoms with Crippen LogP contribution < -0.4 is 16.1 Å². The van der Waals surface area contributed by atoms with Crippen molar-refractivity contribution in [3.8, 4) is 0 Å². The molecule has 7 heteroatoms. The number of pyridine rings is 1. The number of aliphatic hydroxyl groups is 1. The fourth-order valence-corrected chi connectivity index (χ4v) is 2.84. The lowest BCUT2D eigenvalue weighted by Gasteiger charge is -2.18. The van der Waals surface area contributed by atoms with Crippen LogP contribution in [0.25, 0.3) is 11.0 Å². The molecule has 0 fully saturated rings. The molecule has 2 rings (SSSR count). The lowest BCUT2D eigenvalue weighted by Crippen LogP contribution is -2.40. The van der Waals surface area contributed by atoms with E-state index in [-0.39, 0.29) is 17.4 Å². The minimum atomic E-state index is -0.367. The van der Waals surface area contributed by atoms with Crippen LogP contribution in [-0.2, 0) is 13.6 Å². The van der Waals surface area contributed by atoms with Gasteiger partial charge in [-0.3, -0.25) is 13.9 Å². The minimum absolute atomic E-state index is 0.304. The van der Waals surface area contributed by atoms with E-state index in [0.717, 1.165) is 17.8 Å². The minimum Gasteiger partial charge on any atom is -0.393 e. The lowest BCUT2D eigenvalue weighted by molar-refractivity contribution is 0.180. The van der Waals surface area contributed by atoms with Crippen molar-refractivity contribution in [2.24, 2.45) is 7.05 Å². The third-order valence-corrected chi connectivity index (χ3v) is 4.14. The van der Waals surface area contributed by atoms with E-state index in [0.29, 0.717) is 30.4 Å². The van der Waals surface area contributed by atoms with E-state index in [2.05, 4.69) is 4.98 Å². The van der Waals surface area contributed by atoms with E-state index in [1.807, 2.05) is 32.0 Å². The molecule has 0 amide bonds. The number of aryl methyl sites for hydroxylation is 2. The Morgan fingerprint density at radius 2 is 1.96 bits per heavy atom. The number of unbranched alkanes of at least 4 members (excludes halogenated alkanes) is 1. The third-order valence-electron chi connectivity index (χ3n) is 4.14. The molecule has 1 N–H and O–H groups in total. The number of hydrogen-bond donors (Lipinski definition) is 1. The number of hydrogen-bond acceptors (Lipinski definition) is 5. The zero-order valence-corrected chi connectivity index (χ0v) is 15.0. The first-order valence-corrected chi connectivity index (χ1v) is 8.20. The van der Waals surface area contributed by atoms with Gasteiger partial charge < -0.3 is 10.0 Å². The summed E-state index contributed by atoms with van der Waals surface area (Å²) < 4.78 is 2.71. The topological polar surface area (TPSA) is 80.4 Å². The van der Waals surface area contributed by atoms with Gasteiger partial charge in [0.25, 0.3) is 5.56 Å². The molecule has 132 valence electrons. The summed E-state index contributed by atoms with van der Waals surface area (Å²) in [5, 5.41) is 9.78. The van der Waals surface area contributed by atoms with Crippen LogP contribution in [0.2, 0.25) is 0 Å². The van der Waals surface area contributed by atoms with Gasteiger partial charge in [-0.1, -0.05) is 0 Å². The predicted molar refractivity (Wildman–Crippen MR) is 95.8 cm³/mol. The number of aliphatic hydroxyl groups excluding tert-OH is 1. The largest absolute Gasteiger partial charge is 0.393 e. The molecule has 2 aromatic rings. The van der Waals surface area contributed by atoms with Gasteiger partial charge in [0.05, 0.1) is 11.8 Å². The van der Waals surface area contributed by atoms with Gasteiger partial charge in [-0.2, -0.15) is 0 Å².